The fourth-order valence-electron chi connectivity index (χ4n) is 1.25. The highest BCUT2D eigenvalue weighted by Crippen LogP contribution is 2.25. The number of aliphatic hydroxyl groups excluding tert-OH is 1. The van der Waals surface area contributed by atoms with Crippen molar-refractivity contribution in [2.24, 2.45) is 0 Å². The molecule has 0 saturated carbocycles. The Labute approximate surface area is 89.9 Å². The molecule has 2 N–H and O–H groups in total. The average Bonchev–Trinajstić information content (AvgIpc) is 2.20. The first-order valence-corrected chi connectivity index (χ1v) is 4.43. The van der Waals surface area contributed by atoms with E-state index in [4.69, 9.17) is 0 Å². The van der Waals surface area contributed by atoms with E-state index in [1.165, 1.54) is 7.05 Å². The third-order valence-electron chi connectivity index (χ3n) is 2.02. The van der Waals surface area contributed by atoms with Gasteiger partial charge in [0.05, 0.1) is 17.1 Å². The lowest BCUT2D eigenvalue weighted by Crippen LogP contribution is -2.18. The smallest absolute Gasteiger partial charge is 0.307 e. The summed E-state index contributed by atoms with van der Waals surface area (Å²) in [5.41, 5.74) is -1.25. The second-order valence-corrected chi connectivity index (χ2v) is 3.16. The molecule has 0 aromatic heterocycles. The van der Waals surface area contributed by atoms with Crippen molar-refractivity contribution in [3.8, 4) is 0 Å². The predicted molar refractivity (Wildman–Crippen MR) is 51.9 cm³/mol. The highest BCUT2D eigenvalue weighted by atomic mass is 19.1. The molecule has 88 valence electrons. The molecule has 1 rings (SSSR count). The van der Waals surface area contributed by atoms with E-state index < -0.39 is 28.3 Å². The minimum Gasteiger partial charge on any atom is -0.387 e. The molecule has 1 unspecified atom stereocenters. The zero-order chi connectivity index (χ0) is 12.3. The molecule has 0 aliphatic rings. The standard InChI is InChI=1S/C9H10F2N2O3/c1-12-4-9(14)5-2-7(11)8(13(15)16)3-6(5)10/h2-3,9,12,14H,4H2,1H3. The summed E-state index contributed by atoms with van der Waals surface area (Å²) in [7, 11) is 1.53. The van der Waals surface area contributed by atoms with Crippen LogP contribution in [0.15, 0.2) is 12.1 Å². The van der Waals surface area contributed by atoms with Gasteiger partial charge in [0.25, 0.3) is 0 Å². The number of nitro groups is 1. The van der Waals surface area contributed by atoms with Gasteiger partial charge in [-0.3, -0.25) is 10.1 Å². The van der Waals surface area contributed by atoms with Gasteiger partial charge in [-0.15, -0.1) is 0 Å². The van der Waals surface area contributed by atoms with E-state index in [2.05, 4.69) is 5.32 Å². The summed E-state index contributed by atoms with van der Waals surface area (Å²) in [5, 5.41) is 22.3. The number of benzene rings is 1. The minimum atomic E-state index is -1.25. The van der Waals surface area contributed by atoms with Gasteiger partial charge in [0.2, 0.25) is 5.82 Å². The quantitative estimate of drug-likeness (QED) is 0.602. The van der Waals surface area contributed by atoms with Crippen LogP contribution in [0.1, 0.15) is 11.7 Å². The number of nitro benzene ring substituents is 1. The molecule has 0 bridgehead atoms. The summed E-state index contributed by atoms with van der Waals surface area (Å²) in [4.78, 5) is 9.28. The van der Waals surface area contributed by atoms with E-state index in [9.17, 15) is 24.0 Å². The predicted octanol–water partition coefficient (Wildman–Crippen LogP) is 1.13. The lowest BCUT2D eigenvalue weighted by molar-refractivity contribution is -0.387. The van der Waals surface area contributed by atoms with Gasteiger partial charge in [0, 0.05) is 12.1 Å². The van der Waals surface area contributed by atoms with Crippen LogP contribution in [0.4, 0.5) is 14.5 Å². The number of rotatable bonds is 4. The number of hydrogen-bond donors (Lipinski definition) is 2. The Hall–Kier alpha value is -1.60. The van der Waals surface area contributed by atoms with E-state index in [0.29, 0.717) is 12.1 Å². The van der Waals surface area contributed by atoms with Crippen LogP contribution in [0.2, 0.25) is 0 Å². The Morgan fingerprint density at radius 1 is 1.50 bits per heavy atom. The highest BCUT2D eigenvalue weighted by molar-refractivity contribution is 5.37. The number of nitrogens with one attached hydrogen (secondary N) is 1. The van der Waals surface area contributed by atoms with Crippen LogP contribution in [-0.2, 0) is 0 Å². The Bertz CT molecular complexity index is 412. The molecular weight excluding hydrogens is 222 g/mol. The van der Waals surface area contributed by atoms with Gasteiger partial charge in [-0.25, -0.2) is 4.39 Å². The maximum absolute atomic E-state index is 13.3. The molecule has 1 aromatic rings. The van der Waals surface area contributed by atoms with Crippen LogP contribution in [0.25, 0.3) is 0 Å². The maximum atomic E-state index is 13.3. The van der Waals surface area contributed by atoms with Crippen molar-refractivity contribution in [1.82, 2.24) is 5.32 Å². The van der Waals surface area contributed by atoms with Crippen LogP contribution in [0.5, 0.6) is 0 Å². The average molecular weight is 232 g/mol. The molecule has 5 nitrogen and oxygen atoms in total. The molecule has 0 saturated heterocycles. The topological polar surface area (TPSA) is 75.4 Å². The van der Waals surface area contributed by atoms with Gasteiger partial charge in [0.1, 0.15) is 5.82 Å². The summed E-state index contributed by atoms with van der Waals surface area (Å²) >= 11 is 0. The van der Waals surface area contributed by atoms with Crippen LogP contribution >= 0.6 is 0 Å². The lowest BCUT2D eigenvalue weighted by Gasteiger charge is -2.11. The van der Waals surface area contributed by atoms with E-state index in [1.807, 2.05) is 0 Å². The molecule has 1 aromatic carbocycles. The molecule has 0 aliphatic heterocycles. The Balaban J connectivity index is 3.15. The lowest BCUT2D eigenvalue weighted by atomic mass is 10.1. The zero-order valence-corrected chi connectivity index (χ0v) is 8.41. The van der Waals surface area contributed by atoms with Gasteiger partial charge in [-0.1, -0.05) is 0 Å². The number of likely N-dealkylation sites (N-methyl/N-ethyl adjacent to an activating group) is 1. The van der Waals surface area contributed by atoms with Gasteiger partial charge in [-0.2, -0.15) is 4.39 Å². The summed E-state index contributed by atoms with van der Waals surface area (Å²) in [6.45, 7) is 0.0220. The third kappa shape index (κ3) is 2.50. The zero-order valence-electron chi connectivity index (χ0n) is 8.41. The summed E-state index contributed by atoms with van der Waals surface area (Å²) in [6, 6.07) is 1.10. The van der Waals surface area contributed by atoms with Crippen molar-refractivity contribution >= 4 is 5.69 Å². The molecule has 0 spiro atoms. The van der Waals surface area contributed by atoms with E-state index in [-0.39, 0.29) is 12.1 Å². The molecule has 0 heterocycles. The second-order valence-electron chi connectivity index (χ2n) is 3.16. The van der Waals surface area contributed by atoms with Crippen molar-refractivity contribution in [3.05, 3.63) is 39.4 Å². The maximum Gasteiger partial charge on any atom is 0.307 e. The summed E-state index contributed by atoms with van der Waals surface area (Å²) < 4.78 is 26.4. The summed E-state index contributed by atoms with van der Waals surface area (Å²) in [5.74, 6) is -2.17. The molecule has 0 aliphatic carbocycles. The fraction of sp³-hybridized carbons (Fsp3) is 0.333. The van der Waals surface area contributed by atoms with Crippen LogP contribution in [0.3, 0.4) is 0 Å². The molecule has 7 heteroatoms. The Kier molecular flexibility index (Phi) is 3.86. The van der Waals surface area contributed by atoms with Crippen molar-refractivity contribution in [1.29, 1.82) is 0 Å². The second kappa shape index (κ2) is 4.95. The van der Waals surface area contributed by atoms with Crippen molar-refractivity contribution in [3.63, 3.8) is 0 Å². The normalized spacial score (nSPS) is 12.5. The summed E-state index contributed by atoms with van der Waals surface area (Å²) in [6.07, 6.45) is -1.25. The minimum absolute atomic E-state index is 0.0220. The van der Waals surface area contributed by atoms with Crippen molar-refractivity contribution in [2.75, 3.05) is 13.6 Å². The third-order valence-corrected chi connectivity index (χ3v) is 2.02. The van der Waals surface area contributed by atoms with Crippen molar-refractivity contribution in [2.45, 2.75) is 6.10 Å². The molecule has 0 amide bonds. The SMILES string of the molecule is CNCC(O)c1cc(F)c([N+](=O)[O-])cc1F. The monoisotopic (exact) mass is 232 g/mol. The van der Waals surface area contributed by atoms with Gasteiger partial charge in [-0.05, 0) is 13.1 Å². The number of nitrogens with zero attached hydrogens (tertiary/aromatic N) is 1. The largest absolute Gasteiger partial charge is 0.387 e. The fourth-order valence-corrected chi connectivity index (χ4v) is 1.25. The first-order chi connectivity index (χ1) is 7.47. The Morgan fingerprint density at radius 3 is 2.62 bits per heavy atom. The number of halogens is 2. The molecular formula is C9H10F2N2O3. The molecule has 16 heavy (non-hydrogen) atoms. The van der Waals surface area contributed by atoms with E-state index in [1.54, 1.807) is 0 Å². The highest BCUT2D eigenvalue weighted by Gasteiger charge is 2.21. The van der Waals surface area contributed by atoms with E-state index >= 15 is 0 Å². The van der Waals surface area contributed by atoms with Gasteiger partial charge >= 0.3 is 5.69 Å². The Morgan fingerprint density at radius 2 is 2.12 bits per heavy atom. The van der Waals surface area contributed by atoms with Crippen LogP contribution in [-0.4, -0.2) is 23.6 Å². The molecule has 1 atom stereocenters. The first kappa shape index (κ1) is 12.5. The molecule has 0 radical (unpaired) electrons. The first-order valence-electron chi connectivity index (χ1n) is 4.43. The van der Waals surface area contributed by atoms with E-state index in [0.717, 1.165) is 0 Å². The van der Waals surface area contributed by atoms with Gasteiger partial charge in [0.15, 0.2) is 0 Å². The van der Waals surface area contributed by atoms with Crippen molar-refractivity contribution < 1.29 is 18.8 Å². The van der Waals surface area contributed by atoms with Crippen LogP contribution in [0, 0.1) is 21.7 Å². The molecule has 0 fully saturated rings. The number of hydrogen-bond acceptors (Lipinski definition) is 4. The number of aliphatic hydroxyl groups is 1. The van der Waals surface area contributed by atoms with Gasteiger partial charge < -0.3 is 10.4 Å². The van der Waals surface area contributed by atoms with Crippen LogP contribution < -0.4 is 5.32 Å².